The molecule has 0 spiro atoms. The molecule has 32 heteroatoms. The van der Waals surface area contributed by atoms with Crippen molar-refractivity contribution in [3.63, 3.8) is 0 Å². The summed E-state index contributed by atoms with van der Waals surface area (Å²) in [4.78, 5) is 155. The molecule has 5 aromatic heterocycles. The number of carbonyl (C=O) groups excluding carboxylic acids is 2. The number of rotatable bonds is 38. The SMILES string of the molecule is CCCn1c(=O)c(N)c(N)n(CCc2ccc(CN(C)C)cc2)c1=O.CCCn1c(=O)c(N)c(NC(=O)CC2CCCC2)n(CCc2ccc(CN(C)C)cc2)c1=O.CCCn1c(=O)c(NC(=O)CC2CCCC2)c(N)n(CCc2ccc(CN(C)C)cc2)c1=O.CCCn1c(=O)c2[nH]c(CC3CCCC3)nc2n(CCc2ccc(CN(C)C)cc2)c1=O.O=C(O)CC1CCCC1. The van der Waals surface area contributed by atoms with Gasteiger partial charge in [-0.1, -0.05) is 189 Å². The van der Waals surface area contributed by atoms with Crippen LogP contribution in [0, 0.1) is 23.7 Å². The monoisotopic (exact) mass is 1820 g/mol. The molecule has 32 nitrogen and oxygen atoms in total. The quantitative estimate of drug-likeness (QED) is 0.0178. The number of aromatic amines is 1. The number of amides is 2. The summed E-state index contributed by atoms with van der Waals surface area (Å²) in [6.07, 6.45) is 25.6. The number of hydrogen-bond acceptors (Lipinski definition) is 20. The highest BCUT2D eigenvalue weighted by molar-refractivity contribution is 5.93. The molecule has 4 aliphatic carbocycles. The molecule has 0 bridgehead atoms. The van der Waals surface area contributed by atoms with Crippen LogP contribution < -0.4 is 78.6 Å². The van der Waals surface area contributed by atoms with Crippen LogP contribution in [-0.2, 0) is 125 Å². The molecule has 9 aromatic rings. The van der Waals surface area contributed by atoms with E-state index in [-0.39, 0.29) is 70.7 Å². The van der Waals surface area contributed by atoms with E-state index in [0.29, 0.717) is 138 Å². The molecule has 0 saturated heterocycles. The smallest absolute Gasteiger partial charge is 0.332 e. The fourth-order valence-corrected chi connectivity index (χ4v) is 18.2. The third-order valence-electron chi connectivity index (χ3n) is 25.0. The van der Waals surface area contributed by atoms with E-state index < -0.39 is 39.7 Å². The molecular formula is C100H148N20O12. The minimum Gasteiger partial charge on any atom is -0.481 e. The van der Waals surface area contributed by atoms with Crippen LogP contribution in [0.25, 0.3) is 11.2 Å². The lowest BCUT2D eigenvalue weighted by atomic mass is 10.0. The lowest BCUT2D eigenvalue weighted by molar-refractivity contribution is -0.138. The number of imidazole rings is 1. The lowest BCUT2D eigenvalue weighted by Crippen LogP contribution is -2.43. The molecule has 12 N–H and O–H groups in total. The number of hydrogen-bond donors (Lipinski definition) is 8. The zero-order chi connectivity index (χ0) is 95.8. The highest BCUT2D eigenvalue weighted by Gasteiger charge is 2.28. The maximum Gasteiger partial charge on any atom is 0.332 e. The third kappa shape index (κ3) is 30.3. The Labute approximate surface area is 775 Å². The van der Waals surface area contributed by atoms with Crippen LogP contribution >= 0.6 is 0 Å². The number of carbonyl (C=O) groups is 3. The van der Waals surface area contributed by atoms with Gasteiger partial charge in [0.2, 0.25) is 11.8 Å². The summed E-state index contributed by atoms with van der Waals surface area (Å²) in [5, 5.41) is 13.9. The number of anilines is 6. The summed E-state index contributed by atoms with van der Waals surface area (Å²) < 4.78 is 10.8. The van der Waals surface area contributed by atoms with E-state index in [9.17, 15) is 52.7 Å². The van der Waals surface area contributed by atoms with Gasteiger partial charge in [-0.2, -0.15) is 0 Å². The fourth-order valence-electron chi connectivity index (χ4n) is 18.2. The Hall–Kier alpha value is -11.5. The van der Waals surface area contributed by atoms with E-state index in [1.165, 1.54) is 93.7 Å². The average Bonchev–Trinajstić information content (AvgIpc) is 1.58. The first-order valence-corrected chi connectivity index (χ1v) is 47.8. The standard InChI is InChI=1S/2C25H37N5O3.C25H35N5O2.C18H27N5O2.C7H12O2/c1-4-14-30-24(32)22(27-21(31)16-19-7-5-6-8-19)23(26)29(25(30)33)15-13-18-9-11-20(12-10-18)17-28(2)3;1-4-14-30-24(32)22(26)23(27-21(31)16-19-7-5-6-8-19)29(25(30)33)15-13-18-9-11-20(12-10-18)17-28(2)3;1-4-14-30-24(31)22-23(27-21(26-22)16-19-7-5-6-8-19)29(25(30)32)15-13-18-9-11-20(12-10-18)17-28(2)3;1-4-10-23-17(24)15(19)16(20)22(18(23)25)11-9-13-5-7-14(8-6-13)12-21(2)3;8-7(9)5-6-3-1-2-4-6/h2*9-12,19H,4-8,13-17,26H2,1-3H3,(H,27,31);9-12,19H,4-8,13-17H2,1-3H3,(H,26,27);5-8H,4,9-12,19-20H2,1-3H3;6H,1-5H2,(H,8,9). The molecule has 0 atom stereocenters. The number of nitrogen functional groups attached to an aromatic ring is 4. The van der Waals surface area contributed by atoms with Gasteiger partial charge < -0.3 is 63.3 Å². The summed E-state index contributed by atoms with van der Waals surface area (Å²) >= 11 is 0. The highest BCUT2D eigenvalue weighted by Crippen LogP contribution is 2.32. The Balaban J connectivity index is 0.000000192. The van der Waals surface area contributed by atoms with Crippen molar-refractivity contribution in [2.24, 2.45) is 23.7 Å². The van der Waals surface area contributed by atoms with Crippen LogP contribution in [-0.4, -0.2) is 145 Å². The van der Waals surface area contributed by atoms with Crippen LogP contribution in [0.5, 0.6) is 0 Å². The number of nitrogens with one attached hydrogen (secondary N) is 3. The summed E-state index contributed by atoms with van der Waals surface area (Å²) in [7, 11) is 16.3. The van der Waals surface area contributed by atoms with Gasteiger partial charge in [0.15, 0.2) is 5.65 Å². The third-order valence-corrected chi connectivity index (χ3v) is 25.0. The van der Waals surface area contributed by atoms with Gasteiger partial charge in [0.1, 0.15) is 45.9 Å². The molecule has 13 rings (SSSR count). The maximum atomic E-state index is 13.2. The van der Waals surface area contributed by atoms with Gasteiger partial charge in [0.05, 0.1) is 0 Å². The van der Waals surface area contributed by atoms with Gasteiger partial charge in [0.25, 0.3) is 22.2 Å². The van der Waals surface area contributed by atoms with Gasteiger partial charge in [-0.3, -0.25) is 70.1 Å². The molecule has 2 amide bonds. The fraction of sp³-hybridized carbons (Fsp3) is 0.560. The van der Waals surface area contributed by atoms with Crippen LogP contribution in [0.1, 0.15) is 226 Å². The van der Waals surface area contributed by atoms with Crippen LogP contribution in [0.3, 0.4) is 0 Å². The zero-order valence-corrected chi connectivity index (χ0v) is 80.4. The molecule has 132 heavy (non-hydrogen) atoms. The van der Waals surface area contributed by atoms with Gasteiger partial charge in [-0.25, -0.2) is 24.2 Å². The van der Waals surface area contributed by atoms with Gasteiger partial charge in [-0.15, -0.1) is 0 Å². The highest BCUT2D eigenvalue weighted by atomic mass is 16.4. The van der Waals surface area contributed by atoms with E-state index in [4.69, 9.17) is 33.0 Å². The number of nitrogens with zero attached hydrogens (tertiary/aromatic N) is 13. The molecule has 5 heterocycles. The van der Waals surface area contributed by atoms with Crippen molar-refractivity contribution in [1.82, 2.24) is 66.1 Å². The minimum absolute atomic E-state index is 0.0207. The molecule has 4 aliphatic rings. The second-order valence-corrected chi connectivity index (χ2v) is 37.4. The van der Waals surface area contributed by atoms with Crippen molar-refractivity contribution < 1.29 is 19.5 Å². The lowest BCUT2D eigenvalue weighted by Gasteiger charge is -2.19. The Morgan fingerprint density at radius 2 is 0.659 bits per heavy atom. The first-order valence-electron chi connectivity index (χ1n) is 47.8. The van der Waals surface area contributed by atoms with E-state index in [1.54, 1.807) is 4.57 Å². The Bertz CT molecular complexity index is 5750. The van der Waals surface area contributed by atoms with Gasteiger partial charge >= 0.3 is 28.7 Å². The molecule has 0 aliphatic heterocycles. The van der Waals surface area contributed by atoms with Crippen molar-refractivity contribution in [3.05, 3.63) is 231 Å². The number of H-pyrrole nitrogens is 1. The van der Waals surface area contributed by atoms with E-state index >= 15 is 0 Å². The second-order valence-electron chi connectivity index (χ2n) is 37.4. The first-order chi connectivity index (χ1) is 63.2. The predicted octanol–water partition coefficient (Wildman–Crippen LogP) is 11.5. The van der Waals surface area contributed by atoms with Crippen LogP contribution in [0.15, 0.2) is 135 Å². The van der Waals surface area contributed by atoms with Crippen LogP contribution in [0.4, 0.5) is 34.5 Å². The van der Waals surface area contributed by atoms with Crippen LogP contribution in [0.2, 0.25) is 0 Å². The summed E-state index contributed by atoms with van der Waals surface area (Å²) in [5.41, 5.74) is 31.0. The molecule has 4 fully saturated rings. The Kier molecular flexibility index (Phi) is 40.7. The largest absolute Gasteiger partial charge is 0.481 e. The molecule has 720 valence electrons. The number of benzene rings is 4. The number of nitrogens with two attached hydrogens (primary N) is 4. The second kappa shape index (κ2) is 51.5. The number of aryl methyl sites for hydroxylation is 5. The van der Waals surface area contributed by atoms with E-state index in [1.807, 2.05) is 106 Å². The van der Waals surface area contributed by atoms with E-state index in [0.717, 1.165) is 130 Å². The number of fused-ring (bicyclic) bond motifs is 1. The van der Waals surface area contributed by atoms with Crippen molar-refractivity contribution in [2.45, 2.75) is 286 Å². The number of carboxylic acids is 1. The molecule has 0 radical (unpaired) electrons. The minimum atomic E-state index is -0.637. The first kappa shape index (κ1) is 104. The molecule has 4 saturated carbocycles. The maximum absolute atomic E-state index is 13.2. The summed E-state index contributed by atoms with van der Waals surface area (Å²) in [5.74, 6) is 1.81. The van der Waals surface area contributed by atoms with Gasteiger partial charge in [0, 0.05) is 104 Å². The van der Waals surface area contributed by atoms with Crippen molar-refractivity contribution in [1.29, 1.82) is 0 Å². The number of aliphatic carboxylic acids is 1. The number of carboxylic acid groups (broad SMARTS) is 1. The number of aromatic nitrogens is 10. The Morgan fingerprint density at radius 3 is 1.02 bits per heavy atom. The molecule has 4 aromatic carbocycles. The predicted molar refractivity (Wildman–Crippen MR) is 529 cm³/mol. The van der Waals surface area contributed by atoms with E-state index in [2.05, 4.69) is 110 Å². The zero-order valence-electron chi connectivity index (χ0n) is 80.4. The Morgan fingerprint density at radius 1 is 0.364 bits per heavy atom. The summed E-state index contributed by atoms with van der Waals surface area (Å²) in [6, 6.07) is 33.3. The van der Waals surface area contributed by atoms with Crippen molar-refractivity contribution >= 4 is 63.5 Å². The van der Waals surface area contributed by atoms with Gasteiger partial charge in [-0.05, 0) is 214 Å². The molecular weight excluding hydrogens is 1670 g/mol. The van der Waals surface area contributed by atoms with Crippen molar-refractivity contribution in [3.8, 4) is 0 Å². The average molecular weight is 1820 g/mol. The molecule has 0 unspecified atom stereocenters. The topological polar surface area (TPSA) is 417 Å². The van der Waals surface area contributed by atoms with Crippen molar-refractivity contribution in [2.75, 3.05) is 89.9 Å². The summed E-state index contributed by atoms with van der Waals surface area (Å²) in [6.45, 7) is 14.0. The normalized spacial score (nSPS) is 14.2.